The van der Waals surface area contributed by atoms with E-state index in [2.05, 4.69) is 22.9 Å². The fraction of sp³-hybridized carbons (Fsp3) is 0.462. The maximum atomic E-state index is 11.4. The van der Waals surface area contributed by atoms with E-state index in [1.165, 1.54) is 0 Å². The van der Waals surface area contributed by atoms with Crippen molar-refractivity contribution < 1.29 is 9.53 Å². The maximum Gasteiger partial charge on any atom is 0.159 e. The van der Waals surface area contributed by atoms with Gasteiger partial charge in [0.2, 0.25) is 0 Å². The second-order valence-corrected chi connectivity index (χ2v) is 4.48. The van der Waals surface area contributed by atoms with Gasteiger partial charge in [-0.05, 0) is 53.9 Å². The summed E-state index contributed by atoms with van der Waals surface area (Å²) >= 11 is 3.53. The zero-order chi connectivity index (χ0) is 12.1. The Morgan fingerprint density at radius 3 is 2.56 bits per heavy atom. The lowest BCUT2D eigenvalue weighted by atomic mass is 10.0. The molecule has 0 N–H and O–H groups in total. The van der Waals surface area contributed by atoms with Gasteiger partial charge >= 0.3 is 0 Å². The quantitative estimate of drug-likeness (QED) is 0.764. The van der Waals surface area contributed by atoms with Gasteiger partial charge < -0.3 is 4.74 Å². The number of hydrogen-bond donors (Lipinski definition) is 0. The molecule has 0 aliphatic rings. The molecule has 0 atom stereocenters. The molecule has 0 aliphatic carbocycles. The summed E-state index contributed by atoms with van der Waals surface area (Å²) in [6.45, 7) is 6.24. The summed E-state index contributed by atoms with van der Waals surface area (Å²) in [4.78, 5) is 11.4. The van der Waals surface area contributed by atoms with Gasteiger partial charge in [0.1, 0.15) is 5.75 Å². The second kappa shape index (κ2) is 6.04. The molecule has 0 saturated heterocycles. The lowest BCUT2D eigenvalue weighted by molar-refractivity contribution is 0.101. The van der Waals surface area contributed by atoms with Crippen molar-refractivity contribution in [2.45, 2.75) is 33.6 Å². The standard InChI is InChI=1S/C13H17BrO2/c1-4-6-10-7-11(9(3)15)8-12(13(10)14)16-5-2/h7-8H,4-6H2,1-3H3. The van der Waals surface area contributed by atoms with Crippen molar-refractivity contribution >= 4 is 21.7 Å². The summed E-state index contributed by atoms with van der Waals surface area (Å²) in [6, 6.07) is 3.74. The third kappa shape index (κ3) is 3.08. The van der Waals surface area contributed by atoms with Crippen LogP contribution in [-0.4, -0.2) is 12.4 Å². The zero-order valence-corrected chi connectivity index (χ0v) is 11.6. The highest BCUT2D eigenvalue weighted by Gasteiger charge is 2.11. The van der Waals surface area contributed by atoms with E-state index in [1.54, 1.807) is 13.0 Å². The lowest BCUT2D eigenvalue weighted by Crippen LogP contribution is -2.00. The smallest absolute Gasteiger partial charge is 0.159 e. The average molecular weight is 285 g/mol. The van der Waals surface area contributed by atoms with Gasteiger partial charge in [0.15, 0.2) is 5.78 Å². The minimum absolute atomic E-state index is 0.0748. The van der Waals surface area contributed by atoms with Gasteiger partial charge in [-0.25, -0.2) is 0 Å². The molecule has 0 aromatic heterocycles. The van der Waals surface area contributed by atoms with E-state index >= 15 is 0 Å². The SMILES string of the molecule is CCCc1cc(C(C)=O)cc(OCC)c1Br. The second-order valence-electron chi connectivity index (χ2n) is 3.69. The number of hydrogen-bond acceptors (Lipinski definition) is 2. The molecule has 88 valence electrons. The van der Waals surface area contributed by atoms with Gasteiger partial charge in [0.05, 0.1) is 11.1 Å². The number of carbonyl (C=O) groups excluding carboxylic acids is 1. The summed E-state index contributed by atoms with van der Waals surface area (Å²) in [5, 5.41) is 0. The Hall–Kier alpha value is -0.830. The largest absolute Gasteiger partial charge is 0.493 e. The van der Waals surface area contributed by atoms with Crippen LogP contribution >= 0.6 is 15.9 Å². The van der Waals surface area contributed by atoms with Crippen LogP contribution in [0.4, 0.5) is 0 Å². The first kappa shape index (κ1) is 13.2. The molecule has 1 aromatic rings. The molecule has 0 amide bonds. The van der Waals surface area contributed by atoms with Crippen LogP contribution < -0.4 is 4.74 Å². The Labute approximate surface area is 105 Å². The number of carbonyl (C=O) groups is 1. The molecule has 16 heavy (non-hydrogen) atoms. The van der Waals surface area contributed by atoms with Crippen molar-refractivity contribution in [1.29, 1.82) is 0 Å². The Morgan fingerprint density at radius 1 is 1.38 bits per heavy atom. The van der Waals surface area contributed by atoms with E-state index in [0.29, 0.717) is 6.61 Å². The van der Waals surface area contributed by atoms with E-state index in [4.69, 9.17) is 4.74 Å². The molecule has 0 aliphatic heterocycles. The summed E-state index contributed by atoms with van der Waals surface area (Å²) in [6.07, 6.45) is 1.99. The van der Waals surface area contributed by atoms with E-state index < -0.39 is 0 Å². The Bertz CT molecular complexity index is 359. The predicted octanol–water partition coefficient (Wildman–Crippen LogP) is 4.00. The molecule has 0 unspecified atom stereocenters. The molecule has 0 saturated carbocycles. The van der Waals surface area contributed by atoms with Gasteiger partial charge in [-0.15, -0.1) is 0 Å². The summed E-state index contributed by atoms with van der Waals surface area (Å²) < 4.78 is 6.49. The molecule has 1 rings (SSSR count). The highest BCUT2D eigenvalue weighted by molar-refractivity contribution is 9.10. The summed E-state index contributed by atoms with van der Waals surface area (Å²) in [5.74, 6) is 0.837. The van der Waals surface area contributed by atoms with Crippen molar-refractivity contribution in [1.82, 2.24) is 0 Å². The Kier molecular flexibility index (Phi) is 5.00. The van der Waals surface area contributed by atoms with Gasteiger partial charge in [0.25, 0.3) is 0 Å². The van der Waals surface area contributed by atoms with Crippen molar-refractivity contribution in [3.05, 3.63) is 27.7 Å². The van der Waals surface area contributed by atoms with Crippen LogP contribution in [0.25, 0.3) is 0 Å². The molecule has 0 heterocycles. The number of Topliss-reactive ketones (excluding diaryl/α,β-unsaturated/α-hetero) is 1. The molecule has 0 spiro atoms. The first-order chi connectivity index (χ1) is 7.60. The van der Waals surface area contributed by atoms with Crippen molar-refractivity contribution in [3.8, 4) is 5.75 Å². The number of ketones is 1. The van der Waals surface area contributed by atoms with E-state index in [0.717, 1.165) is 34.2 Å². The normalized spacial score (nSPS) is 10.2. The summed E-state index contributed by atoms with van der Waals surface area (Å²) in [5.41, 5.74) is 1.86. The average Bonchev–Trinajstić information content (AvgIpc) is 2.24. The van der Waals surface area contributed by atoms with Crippen LogP contribution in [-0.2, 0) is 6.42 Å². The third-order valence-electron chi connectivity index (χ3n) is 2.34. The van der Waals surface area contributed by atoms with Gasteiger partial charge in [-0.1, -0.05) is 13.3 Å². The molecule has 0 bridgehead atoms. The monoisotopic (exact) mass is 284 g/mol. The highest BCUT2D eigenvalue weighted by Crippen LogP contribution is 2.31. The van der Waals surface area contributed by atoms with Crippen LogP contribution in [0.15, 0.2) is 16.6 Å². The van der Waals surface area contributed by atoms with Crippen molar-refractivity contribution in [2.75, 3.05) is 6.61 Å². The lowest BCUT2D eigenvalue weighted by Gasteiger charge is -2.12. The maximum absolute atomic E-state index is 11.4. The fourth-order valence-electron chi connectivity index (χ4n) is 1.57. The molecule has 0 radical (unpaired) electrons. The van der Waals surface area contributed by atoms with Crippen LogP contribution in [0.1, 0.15) is 43.1 Å². The van der Waals surface area contributed by atoms with Crippen molar-refractivity contribution in [2.24, 2.45) is 0 Å². The number of aryl methyl sites for hydroxylation is 1. The van der Waals surface area contributed by atoms with Crippen LogP contribution in [0.5, 0.6) is 5.75 Å². The highest BCUT2D eigenvalue weighted by atomic mass is 79.9. The fourth-order valence-corrected chi connectivity index (χ4v) is 2.11. The molecule has 1 aromatic carbocycles. The Morgan fingerprint density at radius 2 is 2.06 bits per heavy atom. The van der Waals surface area contributed by atoms with Gasteiger partial charge in [-0.3, -0.25) is 4.79 Å². The van der Waals surface area contributed by atoms with E-state index in [9.17, 15) is 4.79 Å². The molecular weight excluding hydrogens is 268 g/mol. The topological polar surface area (TPSA) is 26.3 Å². The zero-order valence-electron chi connectivity index (χ0n) is 9.97. The van der Waals surface area contributed by atoms with Crippen LogP contribution in [0.2, 0.25) is 0 Å². The number of rotatable bonds is 5. The summed E-state index contributed by atoms with van der Waals surface area (Å²) in [7, 11) is 0. The molecule has 2 nitrogen and oxygen atoms in total. The Balaban J connectivity index is 3.21. The van der Waals surface area contributed by atoms with E-state index in [1.807, 2.05) is 13.0 Å². The van der Waals surface area contributed by atoms with Crippen LogP contribution in [0.3, 0.4) is 0 Å². The first-order valence-corrected chi connectivity index (χ1v) is 6.35. The van der Waals surface area contributed by atoms with Crippen molar-refractivity contribution in [3.63, 3.8) is 0 Å². The minimum atomic E-state index is 0.0748. The predicted molar refractivity (Wildman–Crippen MR) is 69.3 cm³/mol. The number of benzene rings is 1. The van der Waals surface area contributed by atoms with Gasteiger partial charge in [0, 0.05) is 5.56 Å². The molecule has 3 heteroatoms. The third-order valence-corrected chi connectivity index (χ3v) is 3.24. The first-order valence-electron chi connectivity index (χ1n) is 5.56. The molecular formula is C13H17BrO2. The minimum Gasteiger partial charge on any atom is -0.493 e. The number of ether oxygens (including phenoxy) is 1. The van der Waals surface area contributed by atoms with E-state index in [-0.39, 0.29) is 5.78 Å². The number of halogens is 1. The van der Waals surface area contributed by atoms with Gasteiger partial charge in [-0.2, -0.15) is 0 Å². The molecule has 0 fully saturated rings. The van der Waals surface area contributed by atoms with Crippen LogP contribution in [0, 0.1) is 0 Å².